The first-order valence-electron chi connectivity index (χ1n) is 0.416. The first-order valence-corrected chi connectivity index (χ1v) is 0.910. The molecule has 0 heterocycles. The maximum atomic E-state index is 6.50. The summed E-state index contributed by atoms with van der Waals surface area (Å²) < 4.78 is 5.38. The van der Waals surface area contributed by atoms with Gasteiger partial charge in [0.2, 0.25) is 0 Å². The standard InChI is InChI=1S/H3NO.HN.Ni/c1-2;;/h2H,1H2;1H;. The van der Waals surface area contributed by atoms with Crippen LogP contribution in [0.5, 0.6) is 0 Å². The summed E-state index contributed by atoms with van der Waals surface area (Å²) >= 11 is 3.12. The van der Waals surface area contributed by atoms with Gasteiger partial charge in [0.25, 0.3) is 0 Å². The van der Waals surface area contributed by atoms with Crippen LogP contribution in [0.2, 0.25) is 0 Å². The molecule has 0 saturated carbocycles. The van der Waals surface area contributed by atoms with E-state index in [1.807, 2.05) is 0 Å². The fourth-order valence-corrected chi connectivity index (χ4v) is 0. The van der Waals surface area contributed by atoms with E-state index in [0.717, 1.165) is 0 Å². The molecule has 0 amide bonds. The van der Waals surface area contributed by atoms with Gasteiger partial charge in [-0.2, -0.15) is 0 Å². The molecule has 0 aliphatic heterocycles. The molecule has 0 aromatic carbocycles. The van der Waals surface area contributed by atoms with E-state index in [1.165, 1.54) is 0 Å². The number of nitrogens with one attached hydrogen (secondary N) is 1. The van der Waals surface area contributed by atoms with E-state index >= 15 is 0 Å². The third-order valence-corrected chi connectivity index (χ3v) is 0. The molecular weight excluding hydrogens is 103 g/mol. The van der Waals surface area contributed by atoms with E-state index in [0.29, 0.717) is 0 Å². The zero-order chi connectivity index (χ0) is 4.00. The van der Waals surface area contributed by atoms with Gasteiger partial charge in [-0.25, -0.2) is 5.90 Å². The number of nitrogens with two attached hydrogens (primary N) is 1. The van der Waals surface area contributed by atoms with Crippen LogP contribution in [0.3, 0.4) is 0 Å². The zero-order valence-electron chi connectivity index (χ0n) is 1.84. The molecule has 0 spiro atoms. The Bertz CT molecular complexity index is 6.00. The topological polar surface area (TPSA) is 70.1 Å². The van der Waals surface area contributed by atoms with Crippen LogP contribution in [0.25, 0.3) is 0 Å². The molecule has 30 valence electrons. The normalized spacial score (nSPS) is 3.00. The van der Waals surface area contributed by atoms with Crippen molar-refractivity contribution in [2.75, 3.05) is 0 Å². The van der Waals surface area contributed by atoms with Crippen molar-refractivity contribution in [2.24, 2.45) is 5.90 Å². The van der Waals surface area contributed by atoms with Gasteiger partial charge in [-0.05, 0) is 0 Å². The first-order chi connectivity index (χ1) is 2.00. The van der Waals surface area contributed by atoms with Gasteiger partial charge in [0.1, 0.15) is 0 Å². The minimum absolute atomic E-state index is 3.12. The fourth-order valence-electron chi connectivity index (χ4n) is 0. The fraction of sp³-hybridized carbons (Fsp3) is 0. The van der Waals surface area contributed by atoms with E-state index in [-0.39, 0.29) is 0 Å². The molecule has 4 heavy (non-hydrogen) atoms. The Morgan fingerprint density at radius 2 is 1.50 bits per heavy atom. The van der Waals surface area contributed by atoms with E-state index in [1.54, 1.807) is 0 Å². The summed E-state index contributed by atoms with van der Waals surface area (Å²) in [5, 5.41) is 6.50. The molecule has 0 rings (SSSR count). The molecule has 0 fully saturated rings. The monoisotopic (exact) mass is 106 g/mol. The Morgan fingerprint density at radius 3 is 1.50 bits per heavy atom. The summed E-state index contributed by atoms with van der Waals surface area (Å²) in [7, 11) is 0. The molecule has 0 aromatic rings. The molecule has 4 heteroatoms. The zero-order valence-corrected chi connectivity index (χ0v) is 2.83. The van der Waals surface area contributed by atoms with Crippen LogP contribution in [0.4, 0.5) is 0 Å². The van der Waals surface area contributed by atoms with Crippen molar-refractivity contribution in [3.63, 3.8) is 0 Å². The molecule has 4 N–H and O–H groups in total. The number of hydrogen-bond donors (Lipinski definition) is 3. The average molecular weight is 107 g/mol. The molecular formula is H4N2NiO. The Labute approximate surface area is 31.7 Å². The third kappa shape index (κ3) is 71.5. The average Bonchev–Trinajstić information content (AvgIpc) is 1.50. The third-order valence-electron chi connectivity index (χ3n) is 0. The van der Waals surface area contributed by atoms with Gasteiger partial charge in [0.05, 0.1) is 0 Å². The Hall–Kier alpha value is 0.214. The van der Waals surface area contributed by atoms with Gasteiger partial charge in [-0.3, -0.25) is 0 Å². The van der Waals surface area contributed by atoms with Crippen molar-refractivity contribution in [1.82, 2.24) is 0 Å². The van der Waals surface area contributed by atoms with Crippen LogP contribution >= 0.6 is 0 Å². The summed E-state index contributed by atoms with van der Waals surface area (Å²) in [5.41, 5.74) is 0. The first kappa shape index (κ1) is 8.88. The van der Waals surface area contributed by atoms with Gasteiger partial charge in [-0.1, -0.05) is 0 Å². The molecule has 0 radical (unpaired) electrons. The summed E-state index contributed by atoms with van der Waals surface area (Å²) in [6.07, 6.45) is 0. The van der Waals surface area contributed by atoms with E-state index in [2.05, 4.69) is 21.2 Å². The van der Waals surface area contributed by atoms with Crippen LogP contribution in [0.1, 0.15) is 0 Å². The van der Waals surface area contributed by atoms with Gasteiger partial charge in [-0.15, -0.1) is 0 Å². The second-order valence-electron chi connectivity index (χ2n) is 0. The quantitative estimate of drug-likeness (QED) is 0.291. The molecule has 3 nitrogen and oxygen atoms in total. The maximum absolute atomic E-state index is 6.50. The Kier molecular flexibility index (Phi) is 767. The van der Waals surface area contributed by atoms with Gasteiger partial charge in [0, 0.05) is 0 Å². The van der Waals surface area contributed by atoms with E-state index < -0.39 is 0 Å². The van der Waals surface area contributed by atoms with Crippen molar-refractivity contribution in [2.45, 2.75) is 0 Å². The molecule has 0 aromatic heterocycles. The molecule has 0 aliphatic rings. The Balaban J connectivity index is 0. The predicted molar refractivity (Wildman–Crippen MR) is 8.69 cm³/mol. The van der Waals surface area contributed by atoms with Crippen molar-refractivity contribution < 1.29 is 20.5 Å². The Morgan fingerprint density at radius 1 is 1.50 bits per heavy atom. The summed E-state index contributed by atoms with van der Waals surface area (Å²) in [4.78, 5) is 0. The second-order valence-corrected chi connectivity index (χ2v) is 0. The van der Waals surface area contributed by atoms with Crippen molar-refractivity contribution >= 4 is 0 Å². The van der Waals surface area contributed by atoms with E-state index in [4.69, 9.17) is 9.65 Å². The number of rotatable bonds is 0. The van der Waals surface area contributed by atoms with E-state index in [9.17, 15) is 0 Å². The van der Waals surface area contributed by atoms with Gasteiger partial charge >= 0.3 is 19.7 Å². The molecule has 0 atom stereocenters. The van der Waals surface area contributed by atoms with Crippen LogP contribution in [0, 0.1) is 4.45 Å². The molecule has 0 unspecified atom stereocenters. The SMILES string of the molecule is NO.[NH]=[Ni]. The van der Waals surface area contributed by atoms with Crippen LogP contribution in [0.15, 0.2) is 0 Å². The molecule has 0 bridgehead atoms. The molecule has 0 saturated heterocycles. The van der Waals surface area contributed by atoms with Gasteiger partial charge < -0.3 is 5.21 Å². The second kappa shape index (κ2) is 345. The van der Waals surface area contributed by atoms with Crippen LogP contribution in [-0.4, -0.2) is 5.21 Å². The van der Waals surface area contributed by atoms with Crippen molar-refractivity contribution in [1.29, 1.82) is 4.45 Å². The van der Waals surface area contributed by atoms with Crippen molar-refractivity contribution in [3.05, 3.63) is 0 Å². The van der Waals surface area contributed by atoms with Crippen LogP contribution in [-0.2, 0) is 15.3 Å². The van der Waals surface area contributed by atoms with Crippen LogP contribution < -0.4 is 5.90 Å². The summed E-state index contributed by atoms with van der Waals surface area (Å²) in [6.45, 7) is 0. The summed E-state index contributed by atoms with van der Waals surface area (Å²) in [5.74, 6) is 3.50. The van der Waals surface area contributed by atoms with Gasteiger partial charge in [0.15, 0.2) is 0 Å². The predicted octanol–water partition coefficient (Wildman–Crippen LogP) is -0.370. The summed E-state index contributed by atoms with van der Waals surface area (Å²) in [6, 6.07) is 0. The number of hydrogen-bond acceptors (Lipinski definition) is 3. The van der Waals surface area contributed by atoms with Crippen molar-refractivity contribution in [3.8, 4) is 0 Å². The minimum atomic E-state index is 3.12. The molecule has 0 aliphatic carbocycles.